The summed E-state index contributed by atoms with van der Waals surface area (Å²) in [5, 5.41) is 3.47. The number of anilines is 2. The summed E-state index contributed by atoms with van der Waals surface area (Å²) in [7, 11) is 0. The highest BCUT2D eigenvalue weighted by Gasteiger charge is 2.28. The molecule has 2 aromatic heterocycles. The van der Waals surface area contributed by atoms with Crippen molar-refractivity contribution >= 4 is 35.1 Å². The van der Waals surface area contributed by atoms with Crippen LogP contribution in [0.25, 0.3) is 16.9 Å². The summed E-state index contributed by atoms with van der Waals surface area (Å²) in [6, 6.07) is 18.2. The Morgan fingerprint density at radius 2 is 1.70 bits per heavy atom. The van der Waals surface area contributed by atoms with Crippen LogP contribution in [0.2, 0.25) is 0 Å². The number of imidazole rings is 1. The molecule has 2 amide bonds. The summed E-state index contributed by atoms with van der Waals surface area (Å²) in [6.07, 6.45) is 11.4. The van der Waals surface area contributed by atoms with E-state index in [2.05, 4.69) is 20.2 Å². The van der Waals surface area contributed by atoms with Crippen LogP contribution in [0.4, 0.5) is 11.4 Å². The zero-order valence-electron chi connectivity index (χ0n) is 22.4. The molecular weight excluding hydrogens is 500 g/mol. The normalized spacial score (nSPS) is 17.9. The van der Waals surface area contributed by atoms with Crippen molar-refractivity contribution < 1.29 is 9.59 Å². The highest BCUT2D eigenvalue weighted by Crippen LogP contribution is 2.30. The minimum absolute atomic E-state index is 0.115. The molecule has 7 rings (SSSR count). The summed E-state index contributed by atoms with van der Waals surface area (Å²) in [4.78, 5) is 38.2. The summed E-state index contributed by atoms with van der Waals surface area (Å²) >= 11 is 0. The van der Waals surface area contributed by atoms with E-state index in [1.54, 1.807) is 12.4 Å². The van der Waals surface area contributed by atoms with Crippen LogP contribution < -0.4 is 5.32 Å². The Kier molecular flexibility index (Phi) is 6.40. The first-order valence-electron chi connectivity index (χ1n) is 14.2. The van der Waals surface area contributed by atoms with Gasteiger partial charge in [0.2, 0.25) is 0 Å². The molecule has 5 heterocycles. The lowest BCUT2D eigenvalue weighted by Crippen LogP contribution is -2.48. The van der Waals surface area contributed by atoms with Crippen molar-refractivity contribution in [3.63, 3.8) is 0 Å². The van der Waals surface area contributed by atoms with E-state index in [9.17, 15) is 9.59 Å². The van der Waals surface area contributed by atoms with Gasteiger partial charge in [-0.1, -0.05) is 12.5 Å². The Labute approximate surface area is 233 Å². The van der Waals surface area contributed by atoms with Gasteiger partial charge in [-0.25, -0.2) is 9.98 Å². The van der Waals surface area contributed by atoms with E-state index < -0.39 is 0 Å². The lowest BCUT2D eigenvalue weighted by molar-refractivity contribution is 0.0590. The molecule has 40 heavy (non-hydrogen) atoms. The summed E-state index contributed by atoms with van der Waals surface area (Å²) in [6.45, 7) is 4.09. The average molecular weight is 533 g/mol. The van der Waals surface area contributed by atoms with E-state index in [1.165, 1.54) is 32.4 Å². The van der Waals surface area contributed by atoms with Gasteiger partial charge in [0.25, 0.3) is 11.8 Å². The molecule has 3 aliphatic heterocycles. The molecule has 3 aliphatic rings. The van der Waals surface area contributed by atoms with Crippen molar-refractivity contribution in [1.29, 1.82) is 0 Å². The lowest BCUT2D eigenvalue weighted by Gasteiger charge is -2.40. The standard InChI is InChI=1S/C32H32N6O2/c39-31-27-9-6-23(20-24(27)21-34-31)29-11-10-28(30-33-14-19-38(29)30)35-25-7-4-22(5-8-25)32(40)37-17-12-26(13-18-37)36-15-2-1-3-16-36/h4-11,14,19-21,26,35H,1-3,12-13,15-18H2. The predicted octanol–water partition coefficient (Wildman–Crippen LogP) is 5.41. The molecule has 2 saturated heterocycles. The second-order valence-corrected chi connectivity index (χ2v) is 10.9. The fourth-order valence-electron chi connectivity index (χ4n) is 6.32. The first-order valence-corrected chi connectivity index (χ1v) is 14.2. The smallest absolute Gasteiger partial charge is 0.277 e. The van der Waals surface area contributed by atoms with Crippen LogP contribution in [0.1, 0.15) is 58.4 Å². The van der Waals surface area contributed by atoms with E-state index >= 15 is 0 Å². The molecule has 8 nitrogen and oxygen atoms in total. The molecule has 0 bridgehead atoms. The van der Waals surface area contributed by atoms with Gasteiger partial charge >= 0.3 is 0 Å². The monoisotopic (exact) mass is 532 g/mol. The molecule has 2 fully saturated rings. The lowest BCUT2D eigenvalue weighted by atomic mass is 9.99. The number of carbonyl (C=O) groups excluding carboxylic acids is 2. The van der Waals surface area contributed by atoms with Crippen molar-refractivity contribution in [1.82, 2.24) is 19.2 Å². The van der Waals surface area contributed by atoms with Gasteiger partial charge < -0.3 is 15.1 Å². The van der Waals surface area contributed by atoms with Gasteiger partial charge in [-0.15, -0.1) is 0 Å². The number of hydrogen-bond donors (Lipinski definition) is 1. The molecule has 8 heteroatoms. The van der Waals surface area contributed by atoms with E-state index in [1.807, 2.05) is 70.1 Å². The number of carbonyl (C=O) groups is 2. The second-order valence-electron chi connectivity index (χ2n) is 10.9. The zero-order chi connectivity index (χ0) is 27.1. The highest BCUT2D eigenvalue weighted by molar-refractivity contribution is 6.13. The molecule has 0 unspecified atom stereocenters. The Bertz CT molecular complexity index is 1610. The minimum Gasteiger partial charge on any atom is -0.352 e. The number of amides is 2. The van der Waals surface area contributed by atoms with E-state index in [0.717, 1.165) is 65.3 Å². The number of nitrogens with one attached hydrogen (secondary N) is 1. The fraction of sp³-hybridized carbons (Fsp3) is 0.312. The van der Waals surface area contributed by atoms with Crippen LogP contribution in [0.15, 0.2) is 72.0 Å². The number of nitrogens with zero attached hydrogens (tertiary/aromatic N) is 5. The Hall–Kier alpha value is -4.30. The quantitative estimate of drug-likeness (QED) is 0.372. The van der Waals surface area contributed by atoms with Crippen molar-refractivity contribution in [2.24, 2.45) is 4.99 Å². The van der Waals surface area contributed by atoms with Crippen LogP contribution in [0.5, 0.6) is 0 Å². The number of aromatic nitrogens is 2. The summed E-state index contributed by atoms with van der Waals surface area (Å²) in [5.41, 5.74) is 6.69. The van der Waals surface area contributed by atoms with Crippen LogP contribution in [-0.2, 0) is 0 Å². The zero-order valence-corrected chi connectivity index (χ0v) is 22.4. The Morgan fingerprint density at radius 1 is 0.900 bits per heavy atom. The average Bonchev–Trinajstić information content (AvgIpc) is 3.65. The van der Waals surface area contributed by atoms with Gasteiger partial charge in [0, 0.05) is 54.6 Å². The van der Waals surface area contributed by atoms with Crippen LogP contribution in [-0.4, -0.2) is 69.4 Å². The Balaban J connectivity index is 1.04. The molecule has 2 aromatic carbocycles. The minimum atomic E-state index is -0.195. The van der Waals surface area contributed by atoms with Gasteiger partial charge in [-0.05, 0) is 92.9 Å². The maximum Gasteiger partial charge on any atom is 0.277 e. The van der Waals surface area contributed by atoms with Gasteiger partial charge in [-0.2, -0.15) is 0 Å². The number of pyridine rings is 1. The first-order chi connectivity index (χ1) is 19.6. The number of hydrogen-bond acceptors (Lipinski definition) is 5. The van der Waals surface area contributed by atoms with Crippen LogP contribution in [0, 0.1) is 0 Å². The number of fused-ring (bicyclic) bond motifs is 2. The van der Waals surface area contributed by atoms with E-state index in [4.69, 9.17) is 0 Å². The van der Waals surface area contributed by atoms with Gasteiger partial charge in [0.05, 0.1) is 16.9 Å². The molecule has 202 valence electrons. The summed E-state index contributed by atoms with van der Waals surface area (Å²) < 4.78 is 2.03. The maximum atomic E-state index is 13.2. The van der Waals surface area contributed by atoms with Gasteiger partial charge in [-0.3, -0.25) is 14.0 Å². The third kappa shape index (κ3) is 4.58. The fourth-order valence-corrected chi connectivity index (χ4v) is 6.32. The molecular formula is C32H32N6O2. The largest absolute Gasteiger partial charge is 0.352 e. The van der Waals surface area contributed by atoms with E-state index in [-0.39, 0.29) is 11.8 Å². The SMILES string of the molecule is O=C1N=Cc2cc(-c3ccc(Nc4ccc(C(=O)N5CCC(N6CCCCC6)CC5)cc4)c4nccn34)ccc21. The number of likely N-dealkylation sites (tertiary alicyclic amines) is 2. The molecule has 0 atom stereocenters. The molecule has 1 N–H and O–H groups in total. The summed E-state index contributed by atoms with van der Waals surface area (Å²) in [5.74, 6) is -0.0799. The number of piperidine rings is 2. The number of rotatable bonds is 5. The molecule has 0 radical (unpaired) electrons. The highest BCUT2D eigenvalue weighted by atomic mass is 16.2. The van der Waals surface area contributed by atoms with Crippen molar-refractivity contribution in [3.05, 3.63) is 83.7 Å². The van der Waals surface area contributed by atoms with E-state index in [0.29, 0.717) is 11.6 Å². The number of benzene rings is 2. The third-order valence-electron chi connectivity index (χ3n) is 8.52. The second kappa shape index (κ2) is 10.4. The van der Waals surface area contributed by atoms with Gasteiger partial charge in [0.15, 0.2) is 5.65 Å². The first kappa shape index (κ1) is 24.7. The maximum absolute atomic E-state index is 13.2. The molecule has 0 spiro atoms. The van der Waals surface area contributed by atoms with Gasteiger partial charge in [0.1, 0.15) is 0 Å². The Morgan fingerprint density at radius 3 is 2.50 bits per heavy atom. The number of aliphatic imine (C=N–C) groups is 1. The topological polar surface area (TPSA) is 82.3 Å². The van der Waals surface area contributed by atoms with Crippen LogP contribution in [0.3, 0.4) is 0 Å². The molecule has 0 saturated carbocycles. The predicted molar refractivity (Wildman–Crippen MR) is 157 cm³/mol. The third-order valence-corrected chi connectivity index (χ3v) is 8.52. The van der Waals surface area contributed by atoms with Crippen molar-refractivity contribution in [3.8, 4) is 11.3 Å². The molecule has 0 aliphatic carbocycles. The van der Waals surface area contributed by atoms with Crippen molar-refractivity contribution in [2.75, 3.05) is 31.5 Å². The van der Waals surface area contributed by atoms with Crippen molar-refractivity contribution in [2.45, 2.75) is 38.1 Å². The van der Waals surface area contributed by atoms with Crippen LogP contribution >= 0.6 is 0 Å². The molecule has 4 aromatic rings.